The van der Waals surface area contributed by atoms with E-state index in [1.165, 1.54) is 4.88 Å². The second kappa shape index (κ2) is 8.56. The van der Waals surface area contributed by atoms with Crippen LogP contribution in [0, 0.1) is 0 Å². The summed E-state index contributed by atoms with van der Waals surface area (Å²) in [7, 11) is 1.96. The largest absolute Gasteiger partial charge is 0.338 e. The SMILES string of the molecule is CNCC1CCCN1C(=O)CCCc1cccs1.Cl. The lowest BCUT2D eigenvalue weighted by Crippen LogP contribution is -2.40. The molecule has 2 rings (SSSR count). The van der Waals surface area contributed by atoms with Crippen LogP contribution in [-0.4, -0.2) is 37.0 Å². The maximum absolute atomic E-state index is 12.2. The number of nitrogens with zero attached hydrogens (tertiary/aromatic N) is 1. The van der Waals surface area contributed by atoms with E-state index in [9.17, 15) is 4.79 Å². The Kier molecular flexibility index (Phi) is 7.42. The van der Waals surface area contributed by atoms with Gasteiger partial charge in [0, 0.05) is 30.4 Å². The van der Waals surface area contributed by atoms with E-state index < -0.39 is 0 Å². The molecular formula is C14H23ClN2OS. The summed E-state index contributed by atoms with van der Waals surface area (Å²) < 4.78 is 0. The predicted octanol–water partition coefficient (Wildman–Crippen LogP) is 2.70. The lowest BCUT2D eigenvalue weighted by atomic mass is 10.1. The molecule has 1 aliphatic rings. The molecule has 1 unspecified atom stereocenters. The second-order valence-electron chi connectivity index (χ2n) is 4.87. The van der Waals surface area contributed by atoms with Crippen LogP contribution in [0.15, 0.2) is 17.5 Å². The average Bonchev–Trinajstić information content (AvgIpc) is 3.00. The minimum Gasteiger partial charge on any atom is -0.338 e. The van der Waals surface area contributed by atoms with Gasteiger partial charge in [0.1, 0.15) is 0 Å². The normalized spacial score (nSPS) is 18.4. The van der Waals surface area contributed by atoms with E-state index in [-0.39, 0.29) is 12.4 Å². The highest BCUT2D eigenvalue weighted by molar-refractivity contribution is 7.09. The molecule has 0 aliphatic carbocycles. The zero-order valence-corrected chi connectivity index (χ0v) is 13.1. The minimum atomic E-state index is 0. The summed E-state index contributed by atoms with van der Waals surface area (Å²) in [5.41, 5.74) is 0. The maximum Gasteiger partial charge on any atom is 0.222 e. The number of rotatable bonds is 6. The van der Waals surface area contributed by atoms with E-state index in [0.29, 0.717) is 18.4 Å². The summed E-state index contributed by atoms with van der Waals surface area (Å²) in [6.07, 6.45) is 5.01. The van der Waals surface area contributed by atoms with E-state index in [0.717, 1.165) is 38.8 Å². The molecule has 1 atom stereocenters. The molecule has 1 aliphatic heterocycles. The van der Waals surface area contributed by atoms with E-state index in [1.807, 2.05) is 7.05 Å². The number of carbonyl (C=O) groups is 1. The fourth-order valence-corrected chi connectivity index (χ4v) is 3.38. The number of halogens is 1. The molecule has 1 aromatic rings. The Balaban J connectivity index is 0.00000180. The van der Waals surface area contributed by atoms with Crippen molar-refractivity contribution in [2.75, 3.05) is 20.1 Å². The molecule has 1 aromatic heterocycles. The van der Waals surface area contributed by atoms with Crippen LogP contribution in [0.1, 0.15) is 30.6 Å². The van der Waals surface area contributed by atoms with Crippen LogP contribution >= 0.6 is 23.7 Å². The summed E-state index contributed by atoms with van der Waals surface area (Å²) in [5, 5.41) is 5.28. The van der Waals surface area contributed by atoms with Crippen molar-refractivity contribution in [3.05, 3.63) is 22.4 Å². The van der Waals surface area contributed by atoms with E-state index in [2.05, 4.69) is 27.7 Å². The van der Waals surface area contributed by atoms with Crippen LogP contribution in [0.4, 0.5) is 0 Å². The van der Waals surface area contributed by atoms with Gasteiger partial charge in [-0.25, -0.2) is 0 Å². The molecular weight excluding hydrogens is 280 g/mol. The zero-order valence-electron chi connectivity index (χ0n) is 11.4. The smallest absolute Gasteiger partial charge is 0.222 e. The molecule has 1 amide bonds. The van der Waals surface area contributed by atoms with Gasteiger partial charge >= 0.3 is 0 Å². The van der Waals surface area contributed by atoms with Gasteiger partial charge in [0.15, 0.2) is 0 Å². The molecule has 0 aromatic carbocycles. The van der Waals surface area contributed by atoms with E-state index >= 15 is 0 Å². The Morgan fingerprint density at radius 2 is 2.42 bits per heavy atom. The Labute approximate surface area is 125 Å². The quantitative estimate of drug-likeness (QED) is 0.876. The average molecular weight is 303 g/mol. The molecule has 19 heavy (non-hydrogen) atoms. The first-order valence-electron chi connectivity index (χ1n) is 6.77. The number of hydrogen-bond donors (Lipinski definition) is 1. The van der Waals surface area contributed by atoms with Crippen LogP contribution in [0.2, 0.25) is 0 Å². The third kappa shape index (κ3) is 4.79. The molecule has 2 heterocycles. The Morgan fingerprint density at radius 3 is 3.11 bits per heavy atom. The highest BCUT2D eigenvalue weighted by atomic mass is 35.5. The topological polar surface area (TPSA) is 32.3 Å². The van der Waals surface area contributed by atoms with Crippen molar-refractivity contribution in [2.24, 2.45) is 0 Å². The third-order valence-corrected chi connectivity index (χ3v) is 4.47. The van der Waals surface area contributed by atoms with Gasteiger partial charge in [-0.2, -0.15) is 0 Å². The zero-order chi connectivity index (χ0) is 12.8. The first-order chi connectivity index (χ1) is 8.81. The summed E-state index contributed by atoms with van der Waals surface area (Å²) in [5.74, 6) is 0.337. The van der Waals surface area contributed by atoms with Gasteiger partial charge in [0.05, 0.1) is 0 Å². The number of hydrogen-bond acceptors (Lipinski definition) is 3. The van der Waals surface area contributed by atoms with Crippen molar-refractivity contribution in [1.29, 1.82) is 0 Å². The number of thiophene rings is 1. The molecule has 0 bridgehead atoms. The number of likely N-dealkylation sites (N-methyl/N-ethyl adjacent to an activating group) is 1. The molecule has 5 heteroatoms. The van der Waals surface area contributed by atoms with Gasteiger partial charge in [-0.1, -0.05) is 6.07 Å². The highest BCUT2D eigenvalue weighted by Crippen LogP contribution is 2.19. The lowest BCUT2D eigenvalue weighted by Gasteiger charge is -2.24. The van der Waals surface area contributed by atoms with Crippen molar-refractivity contribution >= 4 is 29.7 Å². The molecule has 1 fully saturated rings. The summed E-state index contributed by atoms with van der Waals surface area (Å²) in [4.78, 5) is 15.6. The van der Waals surface area contributed by atoms with Gasteiger partial charge < -0.3 is 10.2 Å². The first kappa shape index (κ1) is 16.5. The monoisotopic (exact) mass is 302 g/mol. The number of likely N-dealkylation sites (tertiary alicyclic amines) is 1. The molecule has 1 N–H and O–H groups in total. The summed E-state index contributed by atoms with van der Waals surface area (Å²) >= 11 is 1.78. The van der Waals surface area contributed by atoms with Crippen molar-refractivity contribution in [2.45, 2.75) is 38.1 Å². The third-order valence-electron chi connectivity index (χ3n) is 3.53. The van der Waals surface area contributed by atoms with Gasteiger partial charge in [0.2, 0.25) is 5.91 Å². The van der Waals surface area contributed by atoms with Crippen LogP contribution in [0.25, 0.3) is 0 Å². The maximum atomic E-state index is 12.2. The van der Waals surface area contributed by atoms with Crippen LogP contribution in [0.5, 0.6) is 0 Å². The molecule has 0 spiro atoms. The van der Waals surface area contributed by atoms with Crippen molar-refractivity contribution < 1.29 is 4.79 Å². The molecule has 0 radical (unpaired) electrons. The van der Waals surface area contributed by atoms with Crippen LogP contribution < -0.4 is 5.32 Å². The fourth-order valence-electron chi connectivity index (χ4n) is 2.62. The van der Waals surface area contributed by atoms with E-state index in [4.69, 9.17) is 0 Å². The first-order valence-corrected chi connectivity index (χ1v) is 7.65. The predicted molar refractivity (Wildman–Crippen MR) is 83.2 cm³/mol. The van der Waals surface area contributed by atoms with Crippen molar-refractivity contribution in [1.82, 2.24) is 10.2 Å². The van der Waals surface area contributed by atoms with Crippen molar-refractivity contribution in [3.8, 4) is 0 Å². The number of carbonyl (C=O) groups excluding carboxylic acids is 1. The van der Waals surface area contributed by atoms with Gasteiger partial charge in [0.25, 0.3) is 0 Å². The van der Waals surface area contributed by atoms with Gasteiger partial charge in [-0.05, 0) is 44.2 Å². The summed E-state index contributed by atoms with van der Waals surface area (Å²) in [6.45, 7) is 1.88. The molecule has 1 saturated heterocycles. The van der Waals surface area contributed by atoms with Gasteiger partial charge in [-0.15, -0.1) is 23.7 Å². The molecule has 0 saturated carbocycles. The lowest BCUT2D eigenvalue weighted by molar-refractivity contribution is -0.132. The number of nitrogens with one attached hydrogen (secondary N) is 1. The second-order valence-corrected chi connectivity index (χ2v) is 5.91. The van der Waals surface area contributed by atoms with Crippen LogP contribution in [-0.2, 0) is 11.2 Å². The summed E-state index contributed by atoms with van der Waals surface area (Å²) in [6, 6.07) is 4.64. The standard InChI is InChI=1S/C14H22N2OS.ClH/c1-15-11-12-5-3-9-16(12)14(17)8-2-6-13-7-4-10-18-13;/h4,7,10,12,15H,2-3,5-6,8-9,11H2,1H3;1H. The van der Waals surface area contributed by atoms with E-state index in [1.54, 1.807) is 11.3 Å². The minimum absolute atomic E-state index is 0. The molecule has 108 valence electrons. The molecule has 3 nitrogen and oxygen atoms in total. The van der Waals surface area contributed by atoms with Gasteiger partial charge in [-0.3, -0.25) is 4.79 Å². The Bertz CT molecular complexity index is 370. The number of amides is 1. The highest BCUT2D eigenvalue weighted by Gasteiger charge is 2.27. The Hall–Kier alpha value is -0.580. The van der Waals surface area contributed by atoms with Crippen LogP contribution in [0.3, 0.4) is 0 Å². The van der Waals surface area contributed by atoms with Crippen molar-refractivity contribution in [3.63, 3.8) is 0 Å². The Morgan fingerprint density at radius 1 is 1.58 bits per heavy atom. The fraction of sp³-hybridized carbons (Fsp3) is 0.643. The number of aryl methyl sites for hydroxylation is 1.